The van der Waals surface area contributed by atoms with Crippen LogP contribution in [-0.2, 0) is 19.9 Å². The molecule has 0 aromatic heterocycles. The van der Waals surface area contributed by atoms with E-state index in [-0.39, 0.29) is 11.5 Å². The van der Waals surface area contributed by atoms with Gasteiger partial charge in [0.2, 0.25) is 10.0 Å². The zero-order valence-electron chi connectivity index (χ0n) is 10.2. The molecular weight excluding hydrogens is 330 g/mol. The van der Waals surface area contributed by atoms with Gasteiger partial charge in [-0.3, -0.25) is 0 Å². The monoisotopic (exact) mass is 349 g/mol. The van der Waals surface area contributed by atoms with Crippen LogP contribution >= 0.6 is 15.9 Å². The van der Waals surface area contributed by atoms with Gasteiger partial charge in [0.25, 0.3) is 0 Å². The Bertz CT molecular complexity index is 405. The van der Waals surface area contributed by atoms with Gasteiger partial charge < -0.3 is 0 Å². The molecular formula is C9H20BrNO4S2. The first-order valence-electron chi connectivity index (χ1n) is 5.37. The summed E-state index contributed by atoms with van der Waals surface area (Å²) in [4.78, 5) is 0. The molecule has 0 aliphatic carbocycles. The molecule has 0 unspecified atom stereocenters. The molecule has 0 aliphatic heterocycles. The van der Waals surface area contributed by atoms with E-state index in [0.29, 0.717) is 6.54 Å². The predicted octanol–water partition coefficient (Wildman–Crippen LogP) is 0.858. The largest absolute Gasteiger partial charge is 0.229 e. The van der Waals surface area contributed by atoms with Crippen molar-refractivity contribution in [1.82, 2.24) is 4.31 Å². The SMILES string of the molecule is CN(CCCCCBr)S(=O)(=O)CCS(C)(=O)=O. The first-order chi connectivity index (χ1) is 7.69. The minimum atomic E-state index is -3.44. The Morgan fingerprint density at radius 3 is 2.06 bits per heavy atom. The van der Waals surface area contributed by atoms with Gasteiger partial charge in [0.1, 0.15) is 9.84 Å². The average molecular weight is 350 g/mol. The lowest BCUT2D eigenvalue weighted by Gasteiger charge is -2.16. The molecule has 0 rings (SSSR count). The Hall–Kier alpha value is 0.340. The fourth-order valence-electron chi connectivity index (χ4n) is 1.16. The smallest absolute Gasteiger partial charge is 0.214 e. The third kappa shape index (κ3) is 8.98. The molecule has 17 heavy (non-hydrogen) atoms. The van der Waals surface area contributed by atoms with Gasteiger partial charge in [0.15, 0.2) is 0 Å². The summed E-state index contributed by atoms with van der Waals surface area (Å²) in [5, 5.41) is 0.914. The fourth-order valence-corrected chi connectivity index (χ4v) is 4.33. The van der Waals surface area contributed by atoms with Crippen LogP contribution in [0.4, 0.5) is 0 Å². The highest BCUT2D eigenvalue weighted by atomic mass is 79.9. The zero-order chi connectivity index (χ0) is 13.5. The van der Waals surface area contributed by atoms with Gasteiger partial charge >= 0.3 is 0 Å². The van der Waals surface area contributed by atoms with Crippen molar-refractivity contribution in [1.29, 1.82) is 0 Å². The van der Waals surface area contributed by atoms with E-state index in [4.69, 9.17) is 0 Å². The van der Waals surface area contributed by atoms with Crippen molar-refractivity contribution in [2.24, 2.45) is 0 Å². The molecule has 0 aliphatic rings. The maximum absolute atomic E-state index is 11.7. The maximum atomic E-state index is 11.7. The molecule has 0 fully saturated rings. The van der Waals surface area contributed by atoms with E-state index >= 15 is 0 Å². The number of sulfonamides is 1. The quantitative estimate of drug-likeness (QED) is 0.457. The molecule has 0 saturated heterocycles. The second kappa shape index (κ2) is 7.70. The highest BCUT2D eigenvalue weighted by Gasteiger charge is 2.19. The molecule has 5 nitrogen and oxygen atoms in total. The maximum Gasteiger partial charge on any atom is 0.214 e. The Kier molecular flexibility index (Phi) is 7.86. The van der Waals surface area contributed by atoms with Crippen LogP contribution in [-0.4, -0.2) is 57.8 Å². The van der Waals surface area contributed by atoms with Crippen molar-refractivity contribution < 1.29 is 16.8 Å². The van der Waals surface area contributed by atoms with Crippen LogP contribution in [0.5, 0.6) is 0 Å². The van der Waals surface area contributed by atoms with E-state index < -0.39 is 19.9 Å². The average Bonchev–Trinajstić information content (AvgIpc) is 2.20. The second-order valence-electron chi connectivity index (χ2n) is 4.02. The van der Waals surface area contributed by atoms with Crippen molar-refractivity contribution in [3.8, 4) is 0 Å². The van der Waals surface area contributed by atoms with E-state index in [9.17, 15) is 16.8 Å². The molecule has 0 aromatic rings. The molecule has 0 bridgehead atoms. The standard InChI is InChI=1S/C9H20BrNO4S2/c1-11(7-5-3-4-6-10)17(14,15)9-8-16(2,12)13/h3-9H2,1-2H3. The molecule has 8 heteroatoms. The Balaban J connectivity index is 4.12. The number of nitrogens with zero attached hydrogens (tertiary/aromatic N) is 1. The molecule has 0 heterocycles. The van der Waals surface area contributed by atoms with E-state index in [2.05, 4.69) is 15.9 Å². The van der Waals surface area contributed by atoms with Gasteiger partial charge in [-0.15, -0.1) is 0 Å². The Labute approximate surface area is 113 Å². The Morgan fingerprint density at radius 1 is 1.00 bits per heavy atom. The molecule has 104 valence electrons. The van der Waals surface area contributed by atoms with Crippen molar-refractivity contribution in [2.75, 3.05) is 36.7 Å². The van der Waals surface area contributed by atoms with Gasteiger partial charge in [-0.2, -0.15) is 0 Å². The first-order valence-corrected chi connectivity index (χ1v) is 10.2. The summed E-state index contributed by atoms with van der Waals surface area (Å²) in [5.74, 6) is -0.651. The minimum absolute atomic E-state index is 0.318. The number of halogens is 1. The number of hydrogen-bond donors (Lipinski definition) is 0. The van der Waals surface area contributed by atoms with Crippen molar-refractivity contribution in [2.45, 2.75) is 19.3 Å². The van der Waals surface area contributed by atoms with Gasteiger partial charge in [0.05, 0.1) is 11.5 Å². The van der Waals surface area contributed by atoms with E-state index in [0.717, 1.165) is 30.8 Å². The zero-order valence-corrected chi connectivity index (χ0v) is 13.4. The van der Waals surface area contributed by atoms with Crippen molar-refractivity contribution >= 4 is 35.8 Å². The van der Waals surface area contributed by atoms with Crippen LogP contribution in [0.25, 0.3) is 0 Å². The molecule has 0 atom stereocenters. The number of hydrogen-bond acceptors (Lipinski definition) is 4. The van der Waals surface area contributed by atoms with Crippen molar-refractivity contribution in [3.63, 3.8) is 0 Å². The summed E-state index contributed by atoms with van der Waals surface area (Å²) in [6.07, 6.45) is 3.80. The number of sulfone groups is 1. The number of rotatable bonds is 9. The fraction of sp³-hybridized carbons (Fsp3) is 1.00. The first kappa shape index (κ1) is 17.3. The molecule has 0 spiro atoms. The summed E-state index contributed by atoms with van der Waals surface area (Å²) >= 11 is 3.30. The minimum Gasteiger partial charge on any atom is -0.229 e. The molecule has 0 amide bonds. The highest BCUT2D eigenvalue weighted by molar-refractivity contribution is 9.09. The van der Waals surface area contributed by atoms with Crippen LogP contribution < -0.4 is 0 Å². The summed E-state index contributed by atoms with van der Waals surface area (Å²) in [6.45, 7) is 0.444. The van der Waals surface area contributed by atoms with Crippen LogP contribution in [0.1, 0.15) is 19.3 Å². The van der Waals surface area contributed by atoms with E-state index in [1.807, 2.05) is 0 Å². The lowest BCUT2D eigenvalue weighted by atomic mass is 10.2. The summed E-state index contributed by atoms with van der Waals surface area (Å²) < 4.78 is 46.5. The van der Waals surface area contributed by atoms with Crippen LogP contribution in [0.15, 0.2) is 0 Å². The van der Waals surface area contributed by atoms with E-state index in [1.54, 1.807) is 0 Å². The van der Waals surface area contributed by atoms with Gasteiger partial charge in [-0.05, 0) is 12.8 Å². The summed E-state index contributed by atoms with van der Waals surface area (Å²) in [6, 6.07) is 0. The van der Waals surface area contributed by atoms with Gasteiger partial charge in [-0.25, -0.2) is 21.1 Å². The van der Waals surface area contributed by atoms with Crippen LogP contribution in [0.2, 0.25) is 0 Å². The Morgan fingerprint density at radius 2 is 1.59 bits per heavy atom. The van der Waals surface area contributed by atoms with Gasteiger partial charge in [0, 0.05) is 25.2 Å². The summed E-state index contributed by atoms with van der Waals surface area (Å²) in [5.41, 5.74) is 0. The van der Waals surface area contributed by atoms with Crippen LogP contribution in [0, 0.1) is 0 Å². The number of unbranched alkanes of at least 4 members (excludes halogenated alkanes) is 2. The highest BCUT2D eigenvalue weighted by Crippen LogP contribution is 2.05. The molecule has 0 N–H and O–H groups in total. The normalized spacial score (nSPS) is 13.2. The number of alkyl halides is 1. The van der Waals surface area contributed by atoms with Gasteiger partial charge in [-0.1, -0.05) is 22.4 Å². The van der Waals surface area contributed by atoms with Crippen LogP contribution in [0.3, 0.4) is 0 Å². The lowest BCUT2D eigenvalue weighted by Crippen LogP contribution is -2.32. The third-order valence-corrected chi connectivity index (χ3v) is 5.91. The third-order valence-electron chi connectivity index (χ3n) is 2.29. The topological polar surface area (TPSA) is 71.5 Å². The molecule has 0 aromatic carbocycles. The molecule has 0 saturated carbocycles. The molecule has 0 radical (unpaired) electrons. The summed E-state index contributed by atoms with van der Waals surface area (Å²) in [7, 11) is -5.18. The predicted molar refractivity (Wildman–Crippen MR) is 73.8 cm³/mol. The second-order valence-corrected chi connectivity index (χ2v) is 9.27. The lowest BCUT2D eigenvalue weighted by molar-refractivity contribution is 0.455. The van der Waals surface area contributed by atoms with E-state index in [1.165, 1.54) is 11.4 Å². The van der Waals surface area contributed by atoms with Crippen molar-refractivity contribution in [3.05, 3.63) is 0 Å².